The summed E-state index contributed by atoms with van der Waals surface area (Å²) in [7, 11) is 1.35. The molecule has 1 saturated heterocycles. The molecule has 0 unspecified atom stereocenters. The number of rotatable bonds is 4. The van der Waals surface area contributed by atoms with Crippen LogP contribution >= 0.6 is 0 Å². The second kappa shape index (κ2) is 6.33. The van der Waals surface area contributed by atoms with Gasteiger partial charge in [0, 0.05) is 13.1 Å². The quantitative estimate of drug-likeness (QED) is 0.446. The van der Waals surface area contributed by atoms with E-state index in [-0.39, 0.29) is 30.2 Å². The van der Waals surface area contributed by atoms with E-state index < -0.39 is 4.92 Å². The average Bonchev–Trinajstić information content (AvgIpc) is 2.95. The van der Waals surface area contributed by atoms with Crippen LogP contribution in [0.15, 0.2) is 12.3 Å². The molecule has 1 aliphatic rings. The van der Waals surface area contributed by atoms with Gasteiger partial charge in [-0.15, -0.1) is 0 Å². The van der Waals surface area contributed by atoms with E-state index in [0.29, 0.717) is 25.9 Å². The molecule has 0 spiro atoms. The maximum atomic E-state index is 12.1. The lowest BCUT2D eigenvalue weighted by Crippen LogP contribution is -2.42. The van der Waals surface area contributed by atoms with Gasteiger partial charge in [0.25, 0.3) is 0 Å². The Morgan fingerprint density at radius 1 is 1.48 bits per heavy atom. The predicted molar refractivity (Wildman–Crippen MR) is 70.2 cm³/mol. The lowest BCUT2D eigenvalue weighted by atomic mass is 9.97. The third-order valence-electron chi connectivity index (χ3n) is 3.49. The number of methoxy groups -OCH3 is 1. The summed E-state index contributed by atoms with van der Waals surface area (Å²) < 4.78 is 5.93. The highest BCUT2D eigenvalue weighted by atomic mass is 16.6. The van der Waals surface area contributed by atoms with Crippen molar-refractivity contribution in [2.24, 2.45) is 5.92 Å². The summed E-state index contributed by atoms with van der Waals surface area (Å²) in [6.45, 7) is 0.903. The first-order chi connectivity index (χ1) is 10.0. The van der Waals surface area contributed by atoms with Gasteiger partial charge in [-0.05, 0) is 17.8 Å². The molecule has 0 aliphatic carbocycles. The Balaban J connectivity index is 1.87. The molecule has 0 aromatic carbocycles. The van der Waals surface area contributed by atoms with Crippen LogP contribution in [0.2, 0.25) is 0 Å². The second-order valence-corrected chi connectivity index (χ2v) is 4.81. The molecular formula is C12H16N4O5. The molecule has 1 aliphatic heterocycles. The van der Waals surface area contributed by atoms with Crippen LogP contribution in [0, 0.1) is 16.0 Å². The predicted octanol–water partition coefficient (Wildman–Crippen LogP) is 0.203. The Bertz CT molecular complexity index is 548. The maximum Gasteiger partial charge on any atom is 0.389 e. The van der Waals surface area contributed by atoms with Gasteiger partial charge in [0.1, 0.15) is 6.54 Å². The van der Waals surface area contributed by atoms with Crippen molar-refractivity contribution in [1.29, 1.82) is 0 Å². The van der Waals surface area contributed by atoms with Crippen LogP contribution in [-0.4, -0.2) is 51.7 Å². The molecule has 1 amide bonds. The summed E-state index contributed by atoms with van der Waals surface area (Å²) in [6.07, 6.45) is 2.53. The Hall–Kier alpha value is -2.45. The van der Waals surface area contributed by atoms with Crippen LogP contribution in [0.3, 0.4) is 0 Å². The van der Waals surface area contributed by atoms with Gasteiger partial charge in [-0.2, -0.15) is 4.68 Å². The van der Waals surface area contributed by atoms with Gasteiger partial charge in [0.05, 0.1) is 30.4 Å². The minimum atomic E-state index is -0.608. The molecule has 0 radical (unpaired) electrons. The van der Waals surface area contributed by atoms with E-state index in [1.165, 1.54) is 24.1 Å². The summed E-state index contributed by atoms with van der Waals surface area (Å²) in [5, 5.41) is 14.2. The molecule has 9 nitrogen and oxygen atoms in total. The van der Waals surface area contributed by atoms with Crippen molar-refractivity contribution in [2.45, 2.75) is 19.4 Å². The average molecular weight is 296 g/mol. The van der Waals surface area contributed by atoms with Crippen molar-refractivity contribution >= 4 is 17.7 Å². The Morgan fingerprint density at radius 2 is 2.14 bits per heavy atom. The number of nitrogens with zero attached hydrogens (tertiary/aromatic N) is 4. The Morgan fingerprint density at radius 3 is 2.67 bits per heavy atom. The number of hydrogen-bond donors (Lipinski definition) is 0. The Labute approximate surface area is 120 Å². The van der Waals surface area contributed by atoms with Crippen molar-refractivity contribution in [1.82, 2.24) is 14.7 Å². The number of nitro groups is 1. The molecule has 2 heterocycles. The van der Waals surface area contributed by atoms with Crippen LogP contribution in [-0.2, 0) is 20.9 Å². The minimum Gasteiger partial charge on any atom is -0.469 e. The van der Waals surface area contributed by atoms with Gasteiger partial charge in [-0.25, -0.2) is 0 Å². The van der Waals surface area contributed by atoms with E-state index in [0.717, 1.165) is 0 Å². The molecule has 0 atom stereocenters. The first kappa shape index (κ1) is 14.9. The molecule has 0 N–H and O–H groups in total. The summed E-state index contributed by atoms with van der Waals surface area (Å²) >= 11 is 0. The van der Waals surface area contributed by atoms with E-state index in [9.17, 15) is 19.7 Å². The lowest BCUT2D eigenvalue weighted by molar-refractivity contribution is -0.389. The summed E-state index contributed by atoms with van der Waals surface area (Å²) in [5.41, 5.74) is 0. The first-order valence-corrected chi connectivity index (χ1v) is 6.54. The van der Waals surface area contributed by atoms with Crippen LogP contribution < -0.4 is 0 Å². The standard InChI is InChI=1S/C12H16N4O5/c1-21-12(18)9-2-5-14(6-3-9)11(17)8-15-7-4-10(13-15)16(19)20/h4,7,9H,2-3,5-6,8H2,1H3. The second-order valence-electron chi connectivity index (χ2n) is 4.81. The number of likely N-dealkylation sites (tertiary alicyclic amines) is 1. The lowest BCUT2D eigenvalue weighted by Gasteiger charge is -2.30. The zero-order valence-corrected chi connectivity index (χ0v) is 11.6. The number of esters is 1. The molecule has 2 rings (SSSR count). The van der Waals surface area contributed by atoms with Crippen molar-refractivity contribution in [3.63, 3.8) is 0 Å². The van der Waals surface area contributed by atoms with E-state index in [4.69, 9.17) is 0 Å². The Kier molecular flexibility index (Phi) is 4.51. The SMILES string of the molecule is COC(=O)C1CCN(C(=O)Cn2ccc([N+](=O)[O-])n2)CC1. The molecule has 1 fully saturated rings. The summed E-state index contributed by atoms with van der Waals surface area (Å²) in [5.74, 6) is -0.863. The number of hydrogen-bond acceptors (Lipinski definition) is 6. The minimum absolute atomic E-state index is 0.0449. The third-order valence-corrected chi connectivity index (χ3v) is 3.49. The topological polar surface area (TPSA) is 108 Å². The number of carbonyl (C=O) groups is 2. The van der Waals surface area contributed by atoms with Crippen LogP contribution in [0.1, 0.15) is 12.8 Å². The van der Waals surface area contributed by atoms with Gasteiger partial charge < -0.3 is 19.8 Å². The third kappa shape index (κ3) is 3.56. The molecule has 1 aromatic heterocycles. The zero-order valence-electron chi connectivity index (χ0n) is 11.6. The normalized spacial score (nSPS) is 15.8. The van der Waals surface area contributed by atoms with Crippen molar-refractivity contribution in [3.05, 3.63) is 22.4 Å². The molecule has 9 heteroatoms. The number of aromatic nitrogens is 2. The van der Waals surface area contributed by atoms with Crippen LogP contribution in [0.25, 0.3) is 0 Å². The van der Waals surface area contributed by atoms with Crippen molar-refractivity contribution in [2.75, 3.05) is 20.2 Å². The molecule has 1 aromatic rings. The highest BCUT2D eigenvalue weighted by Gasteiger charge is 2.28. The number of amides is 1. The fourth-order valence-corrected chi connectivity index (χ4v) is 2.31. The molecule has 0 bridgehead atoms. The molecule has 21 heavy (non-hydrogen) atoms. The molecule has 114 valence electrons. The summed E-state index contributed by atoms with van der Waals surface area (Å²) in [6, 6.07) is 1.25. The molecule has 0 saturated carbocycles. The summed E-state index contributed by atoms with van der Waals surface area (Å²) in [4.78, 5) is 35.0. The van der Waals surface area contributed by atoms with Gasteiger partial charge in [-0.1, -0.05) is 0 Å². The van der Waals surface area contributed by atoms with Gasteiger partial charge in [-0.3, -0.25) is 9.59 Å². The number of piperidine rings is 1. The highest BCUT2D eigenvalue weighted by Crippen LogP contribution is 2.18. The number of ether oxygens (including phenoxy) is 1. The smallest absolute Gasteiger partial charge is 0.389 e. The highest BCUT2D eigenvalue weighted by molar-refractivity contribution is 5.77. The van der Waals surface area contributed by atoms with E-state index >= 15 is 0 Å². The van der Waals surface area contributed by atoms with Crippen molar-refractivity contribution < 1.29 is 19.2 Å². The zero-order chi connectivity index (χ0) is 15.4. The monoisotopic (exact) mass is 296 g/mol. The van der Waals surface area contributed by atoms with Gasteiger partial charge in [0.15, 0.2) is 0 Å². The largest absolute Gasteiger partial charge is 0.469 e. The fourth-order valence-electron chi connectivity index (χ4n) is 2.31. The van der Waals surface area contributed by atoms with E-state index in [2.05, 4.69) is 9.84 Å². The maximum absolute atomic E-state index is 12.1. The molecular weight excluding hydrogens is 280 g/mol. The fraction of sp³-hybridized carbons (Fsp3) is 0.583. The van der Waals surface area contributed by atoms with Crippen molar-refractivity contribution in [3.8, 4) is 0 Å². The van der Waals surface area contributed by atoms with Crippen LogP contribution in [0.5, 0.6) is 0 Å². The van der Waals surface area contributed by atoms with E-state index in [1.54, 1.807) is 4.90 Å². The first-order valence-electron chi connectivity index (χ1n) is 6.54. The van der Waals surface area contributed by atoms with Gasteiger partial charge >= 0.3 is 11.8 Å². The van der Waals surface area contributed by atoms with Crippen LogP contribution in [0.4, 0.5) is 5.82 Å². The van der Waals surface area contributed by atoms with Gasteiger partial charge in [0.2, 0.25) is 5.91 Å². The number of carbonyl (C=O) groups excluding carboxylic acids is 2. The van der Waals surface area contributed by atoms with E-state index in [1.807, 2.05) is 0 Å².